The molecule has 0 saturated heterocycles. The summed E-state index contributed by atoms with van der Waals surface area (Å²) >= 11 is 0. The minimum absolute atomic E-state index is 0.107. The standard InChI is InChI=1S/C24H23F3N2O/c25-16-5-3-14(4-6-16)23-22(20-10-17(26)11-21(27)24(20)29-23)15-8-18(9-15)28-12-19(30)7-13-1-2-13/h3-6,10-11,13,15,18,28-29H,1-2,7-9,12H2. The van der Waals surface area contributed by atoms with Crippen LogP contribution in [0, 0.1) is 23.4 Å². The van der Waals surface area contributed by atoms with Crippen LogP contribution in [-0.2, 0) is 4.79 Å². The molecule has 0 amide bonds. The number of H-pyrrole nitrogens is 1. The number of hydrogen-bond acceptors (Lipinski definition) is 2. The predicted octanol–water partition coefficient (Wildman–Crippen LogP) is 5.46. The van der Waals surface area contributed by atoms with E-state index >= 15 is 0 Å². The number of aromatic amines is 1. The molecule has 6 heteroatoms. The number of fused-ring (bicyclic) bond motifs is 1. The maximum absolute atomic E-state index is 14.4. The normalized spacial score (nSPS) is 21.0. The van der Waals surface area contributed by atoms with Crippen LogP contribution in [0.15, 0.2) is 36.4 Å². The van der Waals surface area contributed by atoms with Gasteiger partial charge in [-0.2, -0.15) is 0 Å². The minimum atomic E-state index is -0.640. The number of carbonyl (C=O) groups is 1. The van der Waals surface area contributed by atoms with Crippen molar-refractivity contribution in [1.29, 1.82) is 0 Å². The molecule has 0 unspecified atom stereocenters. The van der Waals surface area contributed by atoms with Gasteiger partial charge in [0.1, 0.15) is 23.2 Å². The highest BCUT2D eigenvalue weighted by Gasteiger charge is 2.35. The molecule has 3 aromatic rings. The van der Waals surface area contributed by atoms with Crippen molar-refractivity contribution >= 4 is 16.7 Å². The Morgan fingerprint density at radius 1 is 1.03 bits per heavy atom. The Hall–Kier alpha value is -2.60. The summed E-state index contributed by atoms with van der Waals surface area (Å²) in [6.45, 7) is 0.385. The molecule has 0 aliphatic heterocycles. The number of benzene rings is 2. The Bertz CT molecular complexity index is 1100. The quantitative estimate of drug-likeness (QED) is 0.542. The second-order valence-electron chi connectivity index (χ2n) is 8.66. The number of aromatic nitrogens is 1. The molecule has 2 aromatic carbocycles. The van der Waals surface area contributed by atoms with Crippen LogP contribution < -0.4 is 5.32 Å². The van der Waals surface area contributed by atoms with Crippen molar-refractivity contribution < 1.29 is 18.0 Å². The summed E-state index contributed by atoms with van der Waals surface area (Å²) in [6, 6.07) is 8.44. The smallest absolute Gasteiger partial charge is 0.150 e. The van der Waals surface area contributed by atoms with Gasteiger partial charge >= 0.3 is 0 Å². The first-order valence-electron chi connectivity index (χ1n) is 10.5. The van der Waals surface area contributed by atoms with E-state index in [4.69, 9.17) is 0 Å². The molecular formula is C24H23F3N2O. The van der Waals surface area contributed by atoms with Crippen LogP contribution in [0.1, 0.15) is 43.6 Å². The fourth-order valence-electron chi connectivity index (χ4n) is 4.50. The molecule has 30 heavy (non-hydrogen) atoms. The summed E-state index contributed by atoms with van der Waals surface area (Å²) in [5.41, 5.74) is 2.56. The van der Waals surface area contributed by atoms with Crippen LogP contribution in [0.3, 0.4) is 0 Å². The van der Waals surface area contributed by atoms with Crippen molar-refractivity contribution in [1.82, 2.24) is 10.3 Å². The summed E-state index contributed by atoms with van der Waals surface area (Å²) in [6.07, 6.45) is 4.57. The van der Waals surface area contributed by atoms with Gasteiger partial charge in [0.05, 0.1) is 17.8 Å². The van der Waals surface area contributed by atoms with E-state index in [1.807, 2.05) is 0 Å². The van der Waals surface area contributed by atoms with Crippen LogP contribution >= 0.6 is 0 Å². The molecule has 3 nitrogen and oxygen atoms in total. The van der Waals surface area contributed by atoms with Gasteiger partial charge in [-0.05, 0) is 79.0 Å². The predicted molar refractivity (Wildman–Crippen MR) is 110 cm³/mol. The Morgan fingerprint density at radius 3 is 2.47 bits per heavy atom. The highest BCUT2D eigenvalue weighted by Crippen LogP contribution is 2.45. The Balaban J connectivity index is 1.39. The van der Waals surface area contributed by atoms with Crippen LogP contribution in [-0.4, -0.2) is 23.4 Å². The summed E-state index contributed by atoms with van der Waals surface area (Å²) < 4.78 is 41.8. The molecule has 0 spiro atoms. The molecule has 2 aliphatic carbocycles. The Kier molecular flexibility index (Phi) is 4.89. The van der Waals surface area contributed by atoms with Gasteiger partial charge in [-0.15, -0.1) is 0 Å². The SMILES string of the molecule is O=C(CNC1CC(c2c(-c3ccc(F)cc3)[nH]c3c(F)cc(F)cc23)C1)CC1CC1. The molecule has 156 valence electrons. The van der Waals surface area contributed by atoms with E-state index in [-0.39, 0.29) is 29.1 Å². The molecule has 1 aromatic heterocycles. The summed E-state index contributed by atoms with van der Waals surface area (Å²) in [7, 11) is 0. The van der Waals surface area contributed by atoms with E-state index in [1.54, 1.807) is 12.1 Å². The third-order valence-electron chi connectivity index (χ3n) is 6.34. The van der Waals surface area contributed by atoms with E-state index in [2.05, 4.69) is 10.3 Å². The number of nitrogens with one attached hydrogen (secondary N) is 2. The Labute approximate surface area is 172 Å². The van der Waals surface area contributed by atoms with E-state index in [0.29, 0.717) is 30.0 Å². The number of carbonyl (C=O) groups excluding carboxylic acids is 1. The van der Waals surface area contributed by atoms with Crippen molar-refractivity contribution in [2.45, 2.75) is 44.1 Å². The number of ketones is 1. The van der Waals surface area contributed by atoms with Crippen LogP contribution in [0.2, 0.25) is 0 Å². The number of Topliss-reactive ketones (excluding diaryl/α,β-unsaturated/α-hetero) is 1. The van der Waals surface area contributed by atoms with Crippen molar-refractivity contribution in [3.05, 3.63) is 59.4 Å². The van der Waals surface area contributed by atoms with E-state index in [0.717, 1.165) is 42.9 Å². The third-order valence-corrected chi connectivity index (χ3v) is 6.34. The highest BCUT2D eigenvalue weighted by atomic mass is 19.1. The zero-order chi connectivity index (χ0) is 20.8. The first-order chi connectivity index (χ1) is 14.5. The summed E-state index contributed by atoms with van der Waals surface area (Å²) in [5, 5.41) is 3.85. The lowest BCUT2D eigenvalue weighted by Crippen LogP contribution is -2.42. The molecular weight excluding hydrogens is 389 g/mol. The van der Waals surface area contributed by atoms with Gasteiger partial charge < -0.3 is 10.3 Å². The van der Waals surface area contributed by atoms with E-state index in [1.165, 1.54) is 18.2 Å². The number of hydrogen-bond donors (Lipinski definition) is 2. The van der Waals surface area contributed by atoms with Gasteiger partial charge in [-0.25, -0.2) is 13.2 Å². The molecule has 2 saturated carbocycles. The van der Waals surface area contributed by atoms with Gasteiger partial charge in [-0.3, -0.25) is 4.79 Å². The summed E-state index contributed by atoms with van der Waals surface area (Å²) in [5.74, 6) is -0.662. The van der Waals surface area contributed by atoms with Gasteiger partial charge in [0, 0.05) is 23.9 Å². The third kappa shape index (κ3) is 3.76. The molecule has 1 heterocycles. The average molecular weight is 412 g/mol. The minimum Gasteiger partial charge on any atom is -0.352 e. The molecule has 0 radical (unpaired) electrons. The maximum Gasteiger partial charge on any atom is 0.150 e. The Morgan fingerprint density at radius 2 is 1.77 bits per heavy atom. The van der Waals surface area contributed by atoms with Crippen molar-refractivity contribution in [3.8, 4) is 11.3 Å². The first-order valence-corrected chi connectivity index (χ1v) is 10.5. The molecule has 0 atom stereocenters. The van der Waals surface area contributed by atoms with Crippen molar-refractivity contribution in [2.75, 3.05) is 6.54 Å². The lowest BCUT2D eigenvalue weighted by atomic mass is 9.74. The maximum atomic E-state index is 14.4. The monoisotopic (exact) mass is 412 g/mol. The van der Waals surface area contributed by atoms with Gasteiger partial charge in [0.15, 0.2) is 0 Å². The zero-order valence-corrected chi connectivity index (χ0v) is 16.5. The van der Waals surface area contributed by atoms with E-state index in [9.17, 15) is 18.0 Å². The van der Waals surface area contributed by atoms with Gasteiger partial charge in [-0.1, -0.05) is 0 Å². The van der Waals surface area contributed by atoms with E-state index < -0.39 is 11.6 Å². The molecule has 2 N–H and O–H groups in total. The highest BCUT2D eigenvalue weighted by molar-refractivity contribution is 5.92. The number of rotatable bonds is 7. The molecule has 2 aliphatic rings. The zero-order valence-electron chi connectivity index (χ0n) is 16.5. The first kappa shape index (κ1) is 19.4. The lowest BCUT2D eigenvalue weighted by molar-refractivity contribution is -0.118. The van der Waals surface area contributed by atoms with Crippen LogP contribution in [0.25, 0.3) is 22.2 Å². The van der Waals surface area contributed by atoms with Crippen LogP contribution in [0.5, 0.6) is 0 Å². The van der Waals surface area contributed by atoms with Gasteiger partial charge in [0.25, 0.3) is 0 Å². The fourth-order valence-corrected chi connectivity index (χ4v) is 4.50. The molecule has 0 bridgehead atoms. The van der Waals surface area contributed by atoms with Crippen molar-refractivity contribution in [2.24, 2.45) is 5.92 Å². The second kappa shape index (κ2) is 7.58. The molecule has 5 rings (SSSR count). The molecule has 2 fully saturated rings. The largest absolute Gasteiger partial charge is 0.352 e. The lowest BCUT2D eigenvalue weighted by Gasteiger charge is -2.36. The topological polar surface area (TPSA) is 44.9 Å². The average Bonchev–Trinajstić information content (AvgIpc) is 3.40. The summed E-state index contributed by atoms with van der Waals surface area (Å²) in [4.78, 5) is 15.1. The number of halogens is 3. The van der Waals surface area contributed by atoms with Crippen LogP contribution in [0.4, 0.5) is 13.2 Å². The second-order valence-corrected chi connectivity index (χ2v) is 8.66. The van der Waals surface area contributed by atoms with Gasteiger partial charge in [0.2, 0.25) is 0 Å². The fraction of sp³-hybridized carbons (Fsp3) is 0.375. The van der Waals surface area contributed by atoms with Crippen molar-refractivity contribution in [3.63, 3.8) is 0 Å².